The first kappa shape index (κ1) is 27.3. The zero-order chi connectivity index (χ0) is 22.6. The number of aliphatic carboxylic acids is 1. The van der Waals surface area contributed by atoms with Crippen LogP contribution in [-0.4, -0.2) is 43.1 Å². The molecule has 2 aromatic carbocycles. The second-order valence-corrected chi connectivity index (χ2v) is 6.44. The fraction of sp³-hybridized carbons (Fsp3) is 0.391. The number of aldehydes is 1. The molecule has 1 atom stereocenters. The van der Waals surface area contributed by atoms with Crippen LogP contribution in [-0.2, 0) is 11.2 Å². The van der Waals surface area contributed by atoms with Crippen molar-refractivity contribution in [2.75, 3.05) is 19.7 Å². The van der Waals surface area contributed by atoms with E-state index in [4.69, 9.17) is 27.0 Å². The number of carboxylic acid groups (broad SMARTS) is 1. The van der Waals surface area contributed by atoms with Gasteiger partial charge in [-0.15, -0.1) is 0 Å². The van der Waals surface area contributed by atoms with Crippen LogP contribution < -0.4 is 21.9 Å². The van der Waals surface area contributed by atoms with Crippen molar-refractivity contribution in [2.45, 2.75) is 38.6 Å². The van der Waals surface area contributed by atoms with E-state index in [9.17, 15) is 9.59 Å². The molecule has 0 heterocycles. The summed E-state index contributed by atoms with van der Waals surface area (Å²) < 4.78 is 5.34. The second-order valence-electron chi connectivity index (χ2n) is 6.44. The highest BCUT2D eigenvalue weighted by Crippen LogP contribution is 2.10. The third-order valence-electron chi connectivity index (χ3n) is 3.80. The Kier molecular flexibility index (Phi) is 16.6. The molecule has 0 aliphatic heterocycles. The molecule has 0 bridgehead atoms. The van der Waals surface area contributed by atoms with Gasteiger partial charge in [0.25, 0.3) is 0 Å². The van der Waals surface area contributed by atoms with Gasteiger partial charge in [-0.25, -0.2) is 0 Å². The lowest BCUT2D eigenvalue weighted by Gasteiger charge is -2.02. The summed E-state index contributed by atoms with van der Waals surface area (Å²) in [5.41, 5.74) is 17.6. The summed E-state index contributed by atoms with van der Waals surface area (Å²) in [5.74, 6) is -0.133. The minimum atomic E-state index is -0.955. The molecule has 2 aromatic rings. The zero-order valence-electron chi connectivity index (χ0n) is 17.7. The van der Waals surface area contributed by atoms with Crippen LogP contribution in [0.2, 0.25) is 0 Å². The first-order chi connectivity index (χ1) is 14.5. The molecule has 7 heteroatoms. The Morgan fingerprint density at radius 2 is 1.70 bits per heavy atom. The topological polar surface area (TPSA) is 142 Å². The molecular weight excluding hydrogens is 382 g/mol. The van der Waals surface area contributed by atoms with Gasteiger partial charge in [-0.1, -0.05) is 37.3 Å². The molecule has 0 aliphatic rings. The summed E-state index contributed by atoms with van der Waals surface area (Å²) in [7, 11) is 0. The number of carboxylic acids is 1. The minimum absolute atomic E-state index is 0.464. The van der Waals surface area contributed by atoms with Crippen LogP contribution in [0.15, 0.2) is 54.6 Å². The van der Waals surface area contributed by atoms with E-state index in [1.807, 2.05) is 18.2 Å². The number of carbonyl (C=O) groups excluding carboxylic acids is 1. The van der Waals surface area contributed by atoms with E-state index in [0.29, 0.717) is 24.9 Å². The molecule has 0 fully saturated rings. The van der Waals surface area contributed by atoms with E-state index in [-0.39, 0.29) is 0 Å². The SMILES string of the molecule is CCCOc1ccc(C=O)cc1.NCCCC(N)C(=O)O.NCCc1ccccc1. The Morgan fingerprint density at radius 3 is 2.17 bits per heavy atom. The molecule has 30 heavy (non-hydrogen) atoms. The van der Waals surface area contributed by atoms with Gasteiger partial charge in [-0.05, 0) is 68.6 Å². The maximum absolute atomic E-state index is 10.3. The molecule has 0 radical (unpaired) electrons. The van der Waals surface area contributed by atoms with Crippen molar-refractivity contribution in [3.05, 3.63) is 65.7 Å². The van der Waals surface area contributed by atoms with Gasteiger partial charge in [0.2, 0.25) is 0 Å². The van der Waals surface area contributed by atoms with Crippen LogP contribution in [0, 0.1) is 0 Å². The van der Waals surface area contributed by atoms with Gasteiger partial charge >= 0.3 is 5.97 Å². The van der Waals surface area contributed by atoms with Gasteiger partial charge in [-0.3, -0.25) is 9.59 Å². The Bertz CT molecular complexity index is 679. The third-order valence-corrected chi connectivity index (χ3v) is 3.80. The van der Waals surface area contributed by atoms with E-state index in [0.717, 1.165) is 38.0 Å². The molecule has 7 nitrogen and oxygen atoms in total. The lowest BCUT2D eigenvalue weighted by Crippen LogP contribution is -2.30. The van der Waals surface area contributed by atoms with E-state index in [1.165, 1.54) is 5.56 Å². The summed E-state index contributed by atoms with van der Waals surface area (Å²) in [6.45, 7) is 4.02. The predicted molar refractivity (Wildman–Crippen MR) is 121 cm³/mol. The molecule has 0 spiro atoms. The number of rotatable bonds is 10. The van der Waals surface area contributed by atoms with Gasteiger partial charge in [0.05, 0.1) is 6.61 Å². The van der Waals surface area contributed by atoms with Crippen LogP contribution in [0.1, 0.15) is 42.1 Å². The summed E-state index contributed by atoms with van der Waals surface area (Å²) in [6.07, 6.45) is 3.94. The number of nitrogens with two attached hydrogens (primary N) is 3. The normalized spacial score (nSPS) is 10.5. The highest BCUT2D eigenvalue weighted by atomic mass is 16.5. The van der Waals surface area contributed by atoms with Gasteiger partial charge in [0.1, 0.15) is 18.1 Å². The molecule has 0 aliphatic carbocycles. The van der Waals surface area contributed by atoms with Crippen molar-refractivity contribution >= 4 is 12.3 Å². The first-order valence-corrected chi connectivity index (χ1v) is 10.1. The zero-order valence-corrected chi connectivity index (χ0v) is 17.7. The monoisotopic (exact) mass is 417 g/mol. The van der Waals surface area contributed by atoms with Crippen LogP contribution in [0.25, 0.3) is 0 Å². The molecular formula is C23H35N3O4. The predicted octanol–water partition coefficient (Wildman–Crippen LogP) is 2.61. The van der Waals surface area contributed by atoms with E-state index in [1.54, 1.807) is 24.3 Å². The Balaban J connectivity index is 0.000000428. The largest absolute Gasteiger partial charge is 0.494 e. The maximum atomic E-state index is 10.3. The maximum Gasteiger partial charge on any atom is 0.320 e. The molecule has 7 N–H and O–H groups in total. The average molecular weight is 418 g/mol. The van der Waals surface area contributed by atoms with Crippen molar-refractivity contribution in [3.8, 4) is 5.75 Å². The first-order valence-electron chi connectivity index (χ1n) is 10.1. The van der Waals surface area contributed by atoms with E-state index in [2.05, 4.69) is 19.1 Å². The fourth-order valence-electron chi connectivity index (χ4n) is 2.14. The Hall–Kier alpha value is -2.74. The summed E-state index contributed by atoms with van der Waals surface area (Å²) in [4.78, 5) is 20.3. The number of carbonyl (C=O) groups is 2. The van der Waals surface area contributed by atoms with Crippen molar-refractivity contribution in [1.29, 1.82) is 0 Å². The smallest absolute Gasteiger partial charge is 0.320 e. The molecule has 1 unspecified atom stereocenters. The lowest BCUT2D eigenvalue weighted by molar-refractivity contribution is -0.138. The van der Waals surface area contributed by atoms with Crippen LogP contribution in [0.3, 0.4) is 0 Å². The van der Waals surface area contributed by atoms with Gasteiger partial charge < -0.3 is 27.0 Å². The number of hydrogen-bond acceptors (Lipinski definition) is 6. The van der Waals surface area contributed by atoms with Crippen molar-refractivity contribution < 1.29 is 19.4 Å². The van der Waals surface area contributed by atoms with Gasteiger partial charge in [0, 0.05) is 5.56 Å². The fourth-order valence-corrected chi connectivity index (χ4v) is 2.14. The Labute approximate surface area is 179 Å². The molecule has 0 aromatic heterocycles. The molecule has 166 valence electrons. The van der Waals surface area contributed by atoms with Gasteiger partial charge in [-0.2, -0.15) is 0 Å². The average Bonchev–Trinajstić information content (AvgIpc) is 2.78. The summed E-state index contributed by atoms with van der Waals surface area (Å²) in [5, 5.41) is 8.24. The van der Waals surface area contributed by atoms with Gasteiger partial charge in [0.15, 0.2) is 0 Å². The summed E-state index contributed by atoms with van der Waals surface area (Å²) in [6, 6.07) is 16.6. The quantitative estimate of drug-likeness (QED) is 0.435. The van der Waals surface area contributed by atoms with E-state index >= 15 is 0 Å². The summed E-state index contributed by atoms with van der Waals surface area (Å²) >= 11 is 0. The lowest BCUT2D eigenvalue weighted by atomic mass is 10.2. The standard InChI is InChI=1S/C10H12O2.C8H11N.C5H12N2O2/c1-2-7-12-10-5-3-9(8-11)4-6-10;9-7-6-8-4-2-1-3-5-8;6-3-1-2-4(7)5(8)9/h3-6,8H,2,7H2,1H3;1-5H,6-7,9H2;4H,1-3,6-7H2,(H,8,9). The second kappa shape index (κ2) is 18.3. The number of hydrogen-bond donors (Lipinski definition) is 4. The van der Waals surface area contributed by atoms with Crippen molar-refractivity contribution in [2.24, 2.45) is 17.2 Å². The van der Waals surface area contributed by atoms with Crippen LogP contribution in [0.4, 0.5) is 0 Å². The van der Waals surface area contributed by atoms with Crippen molar-refractivity contribution in [1.82, 2.24) is 0 Å². The number of ether oxygens (including phenoxy) is 1. The van der Waals surface area contributed by atoms with Crippen LogP contribution >= 0.6 is 0 Å². The third kappa shape index (κ3) is 14.3. The Morgan fingerprint density at radius 1 is 1.07 bits per heavy atom. The highest BCUT2D eigenvalue weighted by Gasteiger charge is 2.08. The molecule has 0 saturated carbocycles. The minimum Gasteiger partial charge on any atom is -0.494 e. The van der Waals surface area contributed by atoms with E-state index < -0.39 is 12.0 Å². The van der Waals surface area contributed by atoms with Crippen LogP contribution in [0.5, 0.6) is 5.75 Å². The number of benzene rings is 2. The molecule has 0 saturated heterocycles. The highest BCUT2D eigenvalue weighted by molar-refractivity contribution is 5.74. The van der Waals surface area contributed by atoms with Crippen molar-refractivity contribution in [3.63, 3.8) is 0 Å². The molecule has 0 amide bonds. The molecule has 2 rings (SSSR count).